The van der Waals surface area contributed by atoms with Crippen LogP contribution in [0.3, 0.4) is 0 Å². The minimum absolute atomic E-state index is 0.0346. The highest BCUT2D eigenvalue weighted by molar-refractivity contribution is 5.76. The maximum Gasteiger partial charge on any atom is 0.350 e. The van der Waals surface area contributed by atoms with Gasteiger partial charge in [-0.05, 0) is 31.5 Å². The standard InChI is InChI=1S/C14H19N5O2/c20-13(16-11-4-3-7-15-10-11)6-9-19-14(21)18-8-2-1-5-12(18)17-19/h1-2,5,8,11,15H,3-4,6-7,9-10H2,(H,16,20)/t11-/m0/s1. The third-order valence-corrected chi connectivity index (χ3v) is 3.70. The van der Waals surface area contributed by atoms with Crippen molar-refractivity contribution in [3.8, 4) is 0 Å². The van der Waals surface area contributed by atoms with Crippen LogP contribution in [0.4, 0.5) is 0 Å². The Morgan fingerprint density at radius 2 is 2.38 bits per heavy atom. The summed E-state index contributed by atoms with van der Waals surface area (Å²) in [5.41, 5.74) is 0.386. The van der Waals surface area contributed by atoms with E-state index in [-0.39, 0.29) is 24.1 Å². The molecule has 1 aliphatic heterocycles. The van der Waals surface area contributed by atoms with Crippen LogP contribution in [-0.4, -0.2) is 39.2 Å². The van der Waals surface area contributed by atoms with E-state index in [1.807, 2.05) is 6.07 Å². The number of aryl methyl sites for hydroxylation is 1. The molecule has 0 bridgehead atoms. The van der Waals surface area contributed by atoms with Crippen molar-refractivity contribution < 1.29 is 4.79 Å². The van der Waals surface area contributed by atoms with Gasteiger partial charge in [-0.2, -0.15) is 0 Å². The van der Waals surface area contributed by atoms with Gasteiger partial charge in [0, 0.05) is 25.2 Å². The van der Waals surface area contributed by atoms with E-state index in [2.05, 4.69) is 15.7 Å². The highest BCUT2D eigenvalue weighted by Crippen LogP contribution is 2.02. The lowest BCUT2D eigenvalue weighted by Gasteiger charge is -2.23. The molecule has 0 saturated carbocycles. The molecule has 2 aromatic heterocycles. The van der Waals surface area contributed by atoms with Gasteiger partial charge in [0.2, 0.25) is 5.91 Å². The number of carbonyl (C=O) groups is 1. The Kier molecular flexibility index (Phi) is 4.01. The van der Waals surface area contributed by atoms with Gasteiger partial charge in [-0.3, -0.25) is 9.20 Å². The summed E-state index contributed by atoms with van der Waals surface area (Å²) in [5.74, 6) is -0.0346. The number of amides is 1. The van der Waals surface area contributed by atoms with Crippen LogP contribution in [-0.2, 0) is 11.3 Å². The smallest absolute Gasteiger partial charge is 0.350 e. The molecule has 21 heavy (non-hydrogen) atoms. The number of pyridine rings is 1. The van der Waals surface area contributed by atoms with Crippen molar-refractivity contribution >= 4 is 11.6 Å². The van der Waals surface area contributed by atoms with E-state index in [9.17, 15) is 9.59 Å². The quantitative estimate of drug-likeness (QED) is 0.813. The first-order chi connectivity index (χ1) is 10.2. The number of rotatable bonds is 4. The number of hydrogen-bond acceptors (Lipinski definition) is 4. The number of carbonyl (C=O) groups excluding carboxylic acids is 1. The van der Waals surface area contributed by atoms with Gasteiger partial charge in [-0.25, -0.2) is 9.48 Å². The fraction of sp³-hybridized carbons (Fsp3) is 0.500. The second-order valence-corrected chi connectivity index (χ2v) is 5.30. The van der Waals surface area contributed by atoms with Gasteiger partial charge < -0.3 is 10.6 Å². The van der Waals surface area contributed by atoms with Crippen LogP contribution in [0.2, 0.25) is 0 Å². The monoisotopic (exact) mass is 289 g/mol. The van der Waals surface area contributed by atoms with Crippen LogP contribution in [0.5, 0.6) is 0 Å². The molecule has 7 heteroatoms. The average Bonchev–Trinajstić information content (AvgIpc) is 2.83. The van der Waals surface area contributed by atoms with Crippen molar-refractivity contribution in [3.63, 3.8) is 0 Å². The molecule has 1 fully saturated rings. The first-order valence-electron chi connectivity index (χ1n) is 7.28. The molecule has 0 aliphatic carbocycles. The number of nitrogens with one attached hydrogen (secondary N) is 2. The number of nitrogens with zero attached hydrogens (tertiary/aromatic N) is 3. The van der Waals surface area contributed by atoms with Crippen LogP contribution < -0.4 is 16.3 Å². The lowest BCUT2D eigenvalue weighted by molar-refractivity contribution is -0.122. The summed E-state index contributed by atoms with van der Waals surface area (Å²) < 4.78 is 2.82. The Balaban J connectivity index is 1.59. The fourth-order valence-corrected chi connectivity index (χ4v) is 2.60. The summed E-state index contributed by atoms with van der Waals surface area (Å²) in [4.78, 5) is 24.0. The zero-order valence-corrected chi connectivity index (χ0v) is 11.8. The topological polar surface area (TPSA) is 80.4 Å². The van der Waals surface area contributed by atoms with Gasteiger partial charge in [-0.1, -0.05) is 6.07 Å². The van der Waals surface area contributed by atoms with Gasteiger partial charge in [0.1, 0.15) is 0 Å². The van der Waals surface area contributed by atoms with Crippen molar-refractivity contribution in [2.75, 3.05) is 13.1 Å². The zero-order valence-electron chi connectivity index (χ0n) is 11.8. The van der Waals surface area contributed by atoms with E-state index in [0.717, 1.165) is 25.9 Å². The van der Waals surface area contributed by atoms with Crippen LogP contribution in [0, 0.1) is 0 Å². The van der Waals surface area contributed by atoms with Gasteiger partial charge in [0.05, 0.1) is 6.54 Å². The van der Waals surface area contributed by atoms with Crippen LogP contribution in [0.25, 0.3) is 5.65 Å². The summed E-state index contributed by atoms with van der Waals surface area (Å²) in [5, 5.41) is 10.5. The van der Waals surface area contributed by atoms with E-state index >= 15 is 0 Å². The van der Waals surface area contributed by atoms with E-state index < -0.39 is 0 Å². The van der Waals surface area contributed by atoms with E-state index in [1.54, 1.807) is 18.3 Å². The Bertz CT molecular complexity index is 684. The Hall–Kier alpha value is -2.15. The minimum atomic E-state index is -0.210. The predicted octanol–water partition coefficient (Wildman–Crippen LogP) is -0.246. The molecule has 7 nitrogen and oxygen atoms in total. The summed E-state index contributed by atoms with van der Waals surface area (Å²) in [7, 11) is 0. The van der Waals surface area contributed by atoms with Crippen LogP contribution in [0.1, 0.15) is 19.3 Å². The Morgan fingerprint density at radius 1 is 1.48 bits per heavy atom. The number of piperidine rings is 1. The largest absolute Gasteiger partial charge is 0.352 e. The van der Waals surface area contributed by atoms with Crippen molar-refractivity contribution in [1.29, 1.82) is 0 Å². The molecule has 0 unspecified atom stereocenters. The van der Waals surface area contributed by atoms with Gasteiger partial charge in [0.15, 0.2) is 5.65 Å². The van der Waals surface area contributed by atoms with Crippen molar-refractivity contribution in [2.45, 2.75) is 31.8 Å². The fourth-order valence-electron chi connectivity index (χ4n) is 2.60. The summed E-state index contributed by atoms with van der Waals surface area (Å²) in [6.45, 7) is 2.13. The van der Waals surface area contributed by atoms with Crippen molar-refractivity contribution in [2.24, 2.45) is 0 Å². The molecule has 1 amide bonds. The molecule has 1 saturated heterocycles. The highest BCUT2D eigenvalue weighted by Gasteiger charge is 2.15. The normalized spacial score (nSPS) is 18.8. The van der Waals surface area contributed by atoms with Gasteiger partial charge in [0.25, 0.3) is 0 Å². The molecular formula is C14H19N5O2. The molecule has 2 N–H and O–H groups in total. The maximum absolute atomic E-state index is 12.1. The van der Waals surface area contributed by atoms with Crippen molar-refractivity contribution in [3.05, 3.63) is 34.9 Å². The SMILES string of the molecule is O=C(CCn1nc2ccccn2c1=O)N[C@H]1CCCNC1. The molecule has 0 radical (unpaired) electrons. The zero-order chi connectivity index (χ0) is 14.7. The summed E-state index contributed by atoms with van der Waals surface area (Å²) in [6, 6.07) is 5.58. The molecule has 1 aliphatic rings. The number of fused-ring (bicyclic) bond motifs is 1. The second-order valence-electron chi connectivity index (χ2n) is 5.30. The molecule has 3 rings (SSSR count). The van der Waals surface area contributed by atoms with E-state index in [1.165, 1.54) is 9.08 Å². The molecule has 2 aromatic rings. The van der Waals surface area contributed by atoms with E-state index in [0.29, 0.717) is 12.2 Å². The van der Waals surface area contributed by atoms with Crippen LogP contribution in [0.15, 0.2) is 29.2 Å². The lowest BCUT2D eigenvalue weighted by Crippen LogP contribution is -2.45. The number of aromatic nitrogens is 3. The maximum atomic E-state index is 12.1. The first kappa shape index (κ1) is 13.8. The highest BCUT2D eigenvalue weighted by atomic mass is 16.2. The average molecular weight is 289 g/mol. The Labute approximate surface area is 122 Å². The van der Waals surface area contributed by atoms with Crippen molar-refractivity contribution in [1.82, 2.24) is 24.8 Å². The van der Waals surface area contributed by atoms with E-state index in [4.69, 9.17) is 0 Å². The Morgan fingerprint density at radius 3 is 3.14 bits per heavy atom. The third kappa shape index (κ3) is 3.13. The van der Waals surface area contributed by atoms with Gasteiger partial charge in [-0.15, -0.1) is 5.10 Å². The molecule has 0 aromatic carbocycles. The minimum Gasteiger partial charge on any atom is -0.352 e. The first-order valence-corrected chi connectivity index (χ1v) is 7.28. The molecule has 0 spiro atoms. The summed E-state index contributed by atoms with van der Waals surface area (Å²) in [6.07, 6.45) is 4.03. The molecule has 112 valence electrons. The number of hydrogen-bond donors (Lipinski definition) is 2. The summed E-state index contributed by atoms with van der Waals surface area (Å²) >= 11 is 0. The van der Waals surface area contributed by atoms with Gasteiger partial charge >= 0.3 is 5.69 Å². The third-order valence-electron chi connectivity index (χ3n) is 3.70. The molecule has 3 heterocycles. The molecular weight excluding hydrogens is 270 g/mol. The predicted molar refractivity (Wildman–Crippen MR) is 78.1 cm³/mol. The second kappa shape index (κ2) is 6.09. The lowest BCUT2D eigenvalue weighted by atomic mass is 10.1. The van der Waals surface area contributed by atoms with Crippen LogP contribution >= 0.6 is 0 Å². The molecule has 1 atom stereocenters.